The van der Waals surface area contributed by atoms with E-state index in [-0.39, 0.29) is 55.1 Å². The van der Waals surface area contributed by atoms with Crippen LogP contribution in [0.1, 0.15) is 99.6 Å². The second-order valence-corrected chi connectivity index (χ2v) is 15.1. The quantitative estimate of drug-likeness (QED) is 0.0827. The van der Waals surface area contributed by atoms with Crippen LogP contribution >= 0.6 is 0 Å². The van der Waals surface area contributed by atoms with Gasteiger partial charge in [-0.3, -0.25) is 14.4 Å². The van der Waals surface area contributed by atoms with Gasteiger partial charge >= 0.3 is 5.97 Å². The number of azo groups is 1. The molecule has 0 spiro atoms. The van der Waals surface area contributed by atoms with E-state index < -0.39 is 53.5 Å². The first-order valence-corrected chi connectivity index (χ1v) is 18.9. The van der Waals surface area contributed by atoms with Crippen molar-refractivity contribution < 1.29 is 43.2 Å². The minimum absolute atomic E-state index is 0.0117. The molecule has 1 aliphatic rings. The molecular formula is C40H67N3O9. The molecule has 2 rings (SSSR count). The minimum atomic E-state index is -2.06. The Morgan fingerprint density at radius 2 is 1.65 bits per heavy atom. The van der Waals surface area contributed by atoms with Crippen LogP contribution in [0.25, 0.3) is 0 Å². The lowest BCUT2D eigenvalue weighted by Gasteiger charge is -2.42. The molecule has 12 nitrogen and oxygen atoms in total. The van der Waals surface area contributed by atoms with Crippen LogP contribution in [-0.2, 0) is 38.1 Å². The molecule has 0 radical (unpaired) electrons. The molecule has 0 aromatic heterocycles. The molecule has 0 amide bonds. The number of aliphatic hydroxyl groups is 1. The number of likely N-dealkylation sites (N-methyl/N-ethyl adjacent to an activating group) is 1. The SMILES string of the molecule is CCC(N=NC(C(C)CC(C)OC)C(C)C(=O)C(C)(O)C(CC)OC(=O)C(C)C(=O)C(C)COC1OC(C)CC(N(C)C)C1OC)c1ccccc1. The van der Waals surface area contributed by atoms with Crippen molar-refractivity contribution >= 4 is 17.5 Å². The molecule has 1 saturated heterocycles. The van der Waals surface area contributed by atoms with Gasteiger partial charge in [-0.05, 0) is 79.0 Å². The summed E-state index contributed by atoms with van der Waals surface area (Å²) in [7, 11) is 7.19. The molecule has 0 bridgehead atoms. The average molecular weight is 734 g/mol. The number of Topliss-reactive ketones (excluding diaryl/α,β-unsaturated/α-hetero) is 2. The van der Waals surface area contributed by atoms with Crippen molar-refractivity contribution in [2.45, 2.75) is 142 Å². The van der Waals surface area contributed by atoms with Crippen LogP contribution in [0.5, 0.6) is 0 Å². The number of benzene rings is 1. The van der Waals surface area contributed by atoms with Gasteiger partial charge in [-0.2, -0.15) is 10.2 Å². The number of rotatable bonds is 22. The highest BCUT2D eigenvalue weighted by atomic mass is 16.7. The Labute approximate surface area is 312 Å². The number of ketones is 2. The maximum absolute atomic E-state index is 14.1. The van der Waals surface area contributed by atoms with Crippen LogP contribution in [-0.4, -0.2) is 111 Å². The van der Waals surface area contributed by atoms with Gasteiger partial charge in [-0.25, -0.2) is 0 Å². The average Bonchev–Trinajstić information content (AvgIpc) is 3.12. The van der Waals surface area contributed by atoms with Crippen molar-refractivity contribution in [1.82, 2.24) is 4.90 Å². The van der Waals surface area contributed by atoms with Crippen molar-refractivity contribution in [2.75, 3.05) is 34.9 Å². The van der Waals surface area contributed by atoms with E-state index >= 15 is 0 Å². The Hall–Kier alpha value is -2.61. The highest BCUT2D eigenvalue weighted by Gasteiger charge is 2.47. The molecule has 1 aromatic rings. The topological polar surface area (TPSA) is 146 Å². The van der Waals surface area contributed by atoms with E-state index in [2.05, 4.69) is 4.90 Å². The molecule has 1 aliphatic heterocycles. The number of hydrogen-bond acceptors (Lipinski definition) is 12. The predicted molar refractivity (Wildman–Crippen MR) is 200 cm³/mol. The van der Waals surface area contributed by atoms with Crippen molar-refractivity contribution in [2.24, 2.45) is 33.9 Å². The number of nitrogens with zero attached hydrogens (tertiary/aromatic N) is 3. The van der Waals surface area contributed by atoms with E-state index in [1.807, 2.05) is 72.1 Å². The largest absolute Gasteiger partial charge is 0.458 e. The summed E-state index contributed by atoms with van der Waals surface area (Å²) in [6.07, 6.45) is -0.124. The van der Waals surface area contributed by atoms with Crippen LogP contribution in [0, 0.1) is 23.7 Å². The summed E-state index contributed by atoms with van der Waals surface area (Å²) in [6, 6.07) is 9.16. The lowest BCUT2D eigenvalue weighted by atomic mass is 9.78. The van der Waals surface area contributed by atoms with E-state index in [4.69, 9.17) is 33.9 Å². The van der Waals surface area contributed by atoms with Crippen LogP contribution < -0.4 is 0 Å². The summed E-state index contributed by atoms with van der Waals surface area (Å²) in [5, 5.41) is 21.2. The van der Waals surface area contributed by atoms with Crippen LogP contribution in [0.4, 0.5) is 0 Å². The van der Waals surface area contributed by atoms with Gasteiger partial charge in [-0.1, -0.05) is 65.0 Å². The zero-order valence-electron chi connectivity index (χ0n) is 33.9. The molecule has 52 heavy (non-hydrogen) atoms. The van der Waals surface area contributed by atoms with E-state index in [9.17, 15) is 19.5 Å². The standard InChI is InChI=1S/C40H67N3O9/c1-14-31(30-19-17-16-18-20-30)41-42-34(24(3)21-26(5)48-12)28(7)37(45)40(9,47)33(15-2)52-38(46)29(8)35(44)25(4)23-50-39-36(49-13)32(43(10)11)22-27(6)51-39/h16-20,24-29,31-34,36,39,47H,14-15,21-23H2,1-13H3. The smallest absolute Gasteiger partial charge is 0.316 e. The molecule has 296 valence electrons. The van der Waals surface area contributed by atoms with Gasteiger partial charge < -0.3 is 33.7 Å². The predicted octanol–water partition coefficient (Wildman–Crippen LogP) is 6.24. The monoisotopic (exact) mass is 733 g/mol. The number of hydrogen-bond donors (Lipinski definition) is 1. The Morgan fingerprint density at radius 1 is 1.02 bits per heavy atom. The molecule has 0 aliphatic carbocycles. The Bertz CT molecular complexity index is 1280. The summed E-state index contributed by atoms with van der Waals surface area (Å²) < 4.78 is 29.0. The van der Waals surface area contributed by atoms with E-state index in [1.54, 1.807) is 35.0 Å². The van der Waals surface area contributed by atoms with Gasteiger partial charge in [0.15, 0.2) is 23.5 Å². The fourth-order valence-electron chi connectivity index (χ4n) is 7.08. The Morgan fingerprint density at radius 3 is 2.19 bits per heavy atom. The molecule has 13 atom stereocenters. The fraction of sp³-hybridized carbons (Fsp3) is 0.775. The summed E-state index contributed by atoms with van der Waals surface area (Å²) in [5.41, 5.74) is -1.04. The van der Waals surface area contributed by atoms with Crippen LogP contribution in [0.2, 0.25) is 0 Å². The van der Waals surface area contributed by atoms with Crippen molar-refractivity contribution in [3.05, 3.63) is 35.9 Å². The lowest BCUT2D eigenvalue weighted by Crippen LogP contribution is -2.55. The lowest BCUT2D eigenvalue weighted by molar-refractivity contribution is -0.260. The van der Waals surface area contributed by atoms with Gasteiger partial charge in [0, 0.05) is 32.1 Å². The number of esters is 1. The zero-order valence-corrected chi connectivity index (χ0v) is 33.9. The third kappa shape index (κ3) is 12.2. The van der Waals surface area contributed by atoms with E-state index in [1.165, 1.54) is 13.8 Å². The summed E-state index contributed by atoms with van der Waals surface area (Å²) >= 11 is 0. The zero-order chi connectivity index (χ0) is 39.3. The number of methoxy groups -OCH3 is 2. The van der Waals surface area contributed by atoms with E-state index in [0.29, 0.717) is 6.42 Å². The van der Waals surface area contributed by atoms with Gasteiger partial charge in [0.25, 0.3) is 0 Å². The second kappa shape index (κ2) is 21.3. The molecule has 1 aromatic carbocycles. The Kier molecular flexibility index (Phi) is 18.7. The summed E-state index contributed by atoms with van der Waals surface area (Å²) in [6.45, 7) is 15.9. The van der Waals surface area contributed by atoms with Crippen molar-refractivity contribution in [3.63, 3.8) is 0 Å². The first-order chi connectivity index (χ1) is 24.4. The molecule has 12 heteroatoms. The second-order valence-electron chi connectivity index (χ2n) is 15.1. The summed E-state index contributed by atoms with van der Waals surface area (Å²) in [5.74, 6) is -4.44. The molecule has 13 unspecified atom stereocenters. The maximum Gasteiger partial charge on any atom is 0.316 e. The molecule has 1 fully saturated rings. The van der Waals surface area contributed by atoms with Gasteiger partial charge in [0.05, 0.1) is 30.9 Å². The molecule has 0 saturated carbocycles. The van der Waals surface area contributed by atoms with Crippen LogP contribution in [0.3, 0.4) is 0 Å². The normalized spacial score (nSPS) is 25.4. The first-order valence-electron chi connectivity index (χ1n) is 18.9. The third-order valence-corrected chi connectivity index (χ3v) is 10.6. The third-order valence-electron chi connectivity index (χ3n) is 10.6. The Balaban J connectivity index is 2.18. The van der Waals surface area contributed by atoms with E-state index in [0.717, 1.165) is 18.4 Å². The molecule has 1 N–H and O–H groups in total. The van der Waals surface area contributed by atoms with Gasteiger partial charge in [0.1, 0.15) is 18.1 Å². The molecule has 1 heterocycles. The number of carbonyl (C=O) groups is 3. The fourth-order valence-corrected chi connectivity index (χ4v) is 7.08. The summed E-state index contributed by atoms with van der Waals surface area (Å²) in [4.78, 5) is 43.0. The van der Waals surface area contributed by atoms with Gasteiger partial charge in [0.2, 0.25) is 0 Å². The minimum Gasteiger partial charge on any atom is -0.458 e. The number of carbonyl (C=O) groups excluding carboxylic acids is 3. The van der Waals surface area contributed by atoms with Gasteiger partial charge in [-0.15, -0.1) is 0 Å². The first kappa shape index (κ1) is 45.5. The van der Waals surface area contributed by atoms with Crippen LogP contribution in [0.15, 0.2) is 40.6 Å². The maximum atomic E-state index is 14.1. The number of ether oxygens (including phenoxy) is 5. The van der Waals surface area contributed by atoms with Crippen molar-refractivity contribution in [3.8, 4) is 0 Å². The highest BCUT2D eigenvalue weighted by molar-refractivity contribution is 6.00. The molecular weight excluding hydrogens is 666 g/mol. The highest BCUT2D eigenvalue weighted by Crippen LogP contribution is 2.32. The van der Waals surface area contributed by atoms with Crippen molar-refractivity contribution in [1.29, 1.82) is 0 Å².